The van der Waals surface area contributed by atoms with Crippen molar-refractivity contribution in [1.82, 2.24) is 4.31 Å². The molecular formula is C15H19F2NO4S. The lowest BCUT2D eigenvalue weighted by molar-refractivity contribution is 0.0426. The lowest BCUT2D eigenvalue weighted by Crippen LogP contribution is -2.40. The summed E-state index contributed by atoms with van der Waals surface area (Å²) in [4.78, 5) is -0.00198. The van der Waals surface area contributed by atoms with Crippen molar-refractivity contribution in [2.75, 3.05) is 27.3 Å². The van der Waals surface area contributed by atoms with E-state index in [4.69, 9.17) is 9.47 Å². The summed E-state index contributed by atoms with van der Waals surface area (Å²) in [5.41, 5.74) is -0.989. The summed E-state index contributed by atoms with van der Waals surface area (Å²) in [7, 11) is -0.985. The summed E-state index contributed by atoms with van der Waals surface area (Å²) in [5.74, 6) is -2.04. The number of hydrogen-bond acceptors (Lipinski definition) is 4. The van der Waals surface area contributed by atoms with Gasteiger partial charge in [0.2, 0.25) is 10.0 Å². The maximum atomic E-state index is 13.4. The van der Waals surface area contributed by atoms with Crippen LogP contribution in [-0.4, -0.2) is 46.0 Å². The molecule has 5 nitrogen and oxygen atoms in total. The first-order valence-corrected chi connectivity index (χ1v) is 8.80. The van der Waals surface area contributed by atoms with E-state index in [1.54, 1.807) is 6.07 Å². The maximum Gasteiger partial charge on any atom is 0.254 e. The molecule has 3 rings (SSSR count). The van der Waals surface area contributed by atoms with Crippen molar-refractivity contribution in [3.8, 4) is 11.5 Å². The Morgan fingerprint density at radius 1 is 1.13 bits per heavy atom. The highest BCUT2D eigenvalue weighted by atomic mass is 32.2. The average Bonchev–Trinajstić information content (AvgIpc) is 3.06. The number of benzene rings is 1. The Bertz CT molecular complexity index is 712. The number of rotatable bonds is 4. The molecule has 0 atom stereocenters. The molecule has 1 saturated carbocycles. The number of alkyl halides is 2. The summed E-state index contributed by atoms with van der Waals surface area (Å²) in [6, 6.07) is 4.52. The van der Waals surface area contributed by atoms with Crippen molar-refractivity contribution in [3.63, 3.8) is 0 Å². The molecule has 128 valence electrons. The fourth-order valence-electron chi connectivity index (χ4n) is 3.20. The van der Waals surface area contributed by atoms with Gasteiger partial charge < -0.3 is 9.47 Å². The zero-order valence-corrected chi connectivity index (χ0v) is 13.8. The summed E-state index contributed by atoms with van der Waals surface area (Å²) in [6.07, 6.45) is 0.243. The van der Waals surface area contributed by atoms with E-state index in [9.17, 15) is 17.2 Å². The third-order valence-corrected chi connectivity index (χ3v) is 6.80. The zero-order valence-electron chi connectivity index (χ0n) is 13.0. The first-order chi connectivity index (χ1) is 10.8. The molecule has 0 aromatic heterocycles. The van der Waals surface area contributed by atoms with Crippen LogP contribution in [0.2, 0.25) is 0 Å². The Morgan fingerprint density at radius 2 is 1.74 bits per heavy atom. The second kappa shape index (κ2) is 5.31. The highest BCUT2D eigenvalue weighted by Crippen LogP contribution is 2.66. The normalized spacial score (nSPS) is 22.8. The summed E-state index contributed by atoms with van der Waals surface area (Å²) < 4.78 is 64.0. The molecular weight excluding hydrogens is 328 g/mol. The zero-order chi connectivity index (χ0) is 16.9. The van der Waals surface area contributed by atoms with Crippen molar-refractivity contribution in [2.45, 2.75) is 30.1 Å². The molecule has 1 saturated heterocycles. The van der Waals surface area contributed by atoms with Gasteiger partial charge in [0.1, 0.15) is 16.4 Å². The molecule has 2 aliphatic rings. The van der Waals surface area contributed by atoms with E-state index >= 15 is 0 Å². The van der Waals surface area contributed by atoms with E-state index < -0.39 is 21.4 Å². The lowest BCUT2D eigenvalue weighted by atomic mass is 9.94. The third kappa shape index (κ3) is 2.57. The second-order valence-corrected chi connectivity index (χ2v) is 7.99. The summed E-state index contributed by atoms with van der Waals surface area (Å²) >= 11 is 0. The van der Waals surface area contributed by atoms with Crippen LogP contribution in [0.1, 0.15) is 19.3 Å². The van der Waals surface area contributed by atoms with Gasteiger partial charge in [-0.1, -0.05) is 0 Å². The van der Waals surface area contributed by atoms with Gasteiger partial charge in [-0.25, -0.2) is 17.2 Å². The first kappa shape index (κ1) is 16.4. The van der Waals surface area contributed by atoms with Gasteiger partial charge in [-0.15, -0.1) is 0 Å². The van der Waals surface area contributed by atoms with Crippen LogP contribution in [0.25, 0.3) is 0 Å². The molecule has 1 spiro atoms. The monoisotopic (exact) mass is 347 g/mol. The topological polar surface area (TPSA) is 55.8 Å². The fourth-order valence-corrected chi connectivity index (χ4v) is 4.81. The van der Waals surface area contributed by atoms with Crippen molar-refractivity contribution >= 4 is 10.0 Å². The average molecular weight is 347 g/mol. The molecule has 0 bridgehead atoms. The maximum absolute atomic E-state index is 13.4. The van der Waals surface area contributed by atoms with Crippen molar-refractivity contribution < 1.29 is 26.7 Å². The van der Waals surface area contributed by atoms with E-state index in [2.05, 4.69) is 0 Å². The van der Waals surface area contributed by atoms with Gasteiger partial charge in [0.15, 0.2) is 0 Å². The number of nitrogens with zero attached hydrogens (tertiary/aromatic N) is 1. The van der Waals surface area contributed by atoms with E-state index in [0.717, 1.165) is 0 Å². The van der Waals surface area contributed by atoms with Crippen molar-refractivity contribution in [2.24, 2.45) is 5.41 Å². The Labute approximate surface area is 134 Å². The molecule has 1 aromatic rings. The van der Waals surface area contributed by atoms with Gasteiger partial charge >= 0.3 is 0 Å². The van der Waals surface area contributed by atoms with Crippen LogP contribution in [-0.2, 0) is 10.0 Å². The van der Waals surface area contributed by atoms with Gasteiger partial charge in [-0.05, 0) is 25.0 Å². The predicted molar refractivity (Wildman–Crippen MR) is 79.5 cm³/mol. The van der Waals surface area contributed by atoms with Gasteiger partial charge in [-0.3, -0.25) is 0 Å². The minimum Gasteiger partial charge on any atom is -0.497 e. The van der Waals surface area contributed by atoms with E-state index in [1.807, 2.05) is 0 Å². The molecule has 1 aromatic carbocycles. The molecule has 23 heavy (non-hydrogen) atoms. The lowest BCUT2D eigenvalue weighted by Gasteiger charge is -2.31. The highest BCUT2D eigenvalue weighted by Gasteiger charge is 2.71. The largest absolute Gasteiger partial charge is 0.497 e. The Morgan fingerprint density at radius 3 is 2.22 bits per heavy atom. The molecule has 8 heteroatoms. The molecule has 1 heterocycles. The predicted octanol–water partition coefficient (Wildman–Crippen LogP) is 2.51. The highest BCUT2D eigenvalue weighted by molar-refractivity contribution is 7.89. The van der Waals surface area contributed by atoms with Crippen LogP contribution >= 0.6 is 0 Å². The minimum absolute atomic E-state index is 0.00198. The fraction of sp³-hybridized carbons (Fsp3) is 0.600. The van der Waals surface area contributed by atoms with Crippen LogP contribution < -0.4 is 9.47 Å². The number of halogens is 2. The summed E-state index contributed by atoms with van der Waals surface area (Å²) in [5, 5.41) is 0. The number of ether oxygens (including phenoxy) is 2. The van der Waals surface area contributed by atoms with Crippen LogP contribution in [0.3, 0.4) is 0 Å². The van der Waals surface area contributed by atoms with E-state index in [1.165, 1.54) is 30.7 Å². The minimum atomic E-state index is -3.81. The molecule has 1 aliphatic carbocycles. The van der Waals surface area contributed by atoms with Gasteiger partial charge in [0.25, 0.3) is 5.92 Å². The van der Waals surface area contributed by atoms with Crippen LogP contribution in [0, 0.1) is 5.41 Å². The van der Waals surface area contributed by atoms with Gasteiger partial charge in [-0.2, -0.15) is 4.31 Å². The van der Waals surface area contributed by atoms with Crippen molar-refractivity contribution in [1.29, 1.82) is 0 Å². The molecule has 1 aliphatic heterocycles. The SMILES string of the molecule is COc1ccc(OC)c(S(=O)(=O)N2CCC3(CC2)CC3(F)F)c1. The van der Waals surface area contributed by atoms with Crippen LogP contribution in [0.15, 0.2) is 23.1 Å². The Balaban J connectivity index is 1.85. The van der Waals surface area contributed by atoms with Crippen LogP contribution in [0.4, 0.5) is 8.78 Å². The number of sulfonamides is 1. The van der Waals surface area contributed by atoms with E-state index in [-0.39, 0.29) is 43.0 Å². The first-order valence-electron chi connectivity index (χ1n) is 7.36. The standard InChI is InChI=1S/C15H19F2NO4S/c1-21-11-3-4-12(22-2)13(9-11)23(19,20)18-7-5-14(6-8-18)10-15(14,16)17/h3-4,9H,5-8,10H2,1-2H3. The Kier molecular flexibility index (Phi) is 3.79. The van der Waals surface area contributed by atoms with Crippen LogP contribution in [0.5, 0.6) is 11.5 Å². The van der Waals surface area contributed by atoms with Crippen molar-refractivity contribution in [3.05, 3.63) is 18.2 Å². The second-order valence-electron chi connectivity index (χ2n) is 6.08. The number of piperidine rings is 1. The smallest absolute Gasteiger partial charge is 0.254 e. The molecule has 0 amide bonds. The molecule has 2 fully saturated rings. The van der Waals surface area contributed by atoms with Gasteiger partial charge in [0.05, 0.1) is 14.2 Å². The number of hydrogen-bond donors (Lipinski definition) is 0. The quantitative estimate of drug-likeness (QED) is 0.840. The Hall–Kier alpha value is -1.41. The van der Waals surface area contributed by atoms with E-state index in [0.29, 0.717) is 5.75 Å². The third-order valence-electron chi connectivity index (χ3n) is 4.88. The molecule has 0 unspecified atom stereocenters. The molecule has 0 N–H and O–H groups in total. The van der Waals surface area contributed by atoms with Gasteiger partial charge in [0, 0.05) is 31.0 Å². The number of methoxy groups -OCH3 is 2. The molecule has 0 radical (unpaired) electrons. The summed E-state index contributed by atoms with van der Waals surface area (Å²) in [6.45, 7) is 0.191.